The molecule has 2 rings (SSSR count). The molecule has 0 radical (unpaired) electrons. The lowest BCUT2D eigenvalue weighted by Gasteiger charge is -2.28. The van der Waals surface area contributed by atoms with Crippen molar-refractivity contribution in [2.24, 2.45) is 0 Å². The smallest absolute Gasteiger partial charge is 0.185 e. The molecule has 18 heavy (non-hydrogen) atoms. The minimum atomic E-state index is -0.538. The summed E-state index contributed by atoms with van der Waals surface area (Å²) in [5.41, 5.74) is 0.617. The molecular formula is C15H20FNO. The van der Waals surface area contributed by atoms with Gasteiger partial charge in [-0.05, 0) is 44.9 Å². The third kappa shape index (κ3) is 2.32. The van der Waals surface area contributed by atoms with Crippen molar-refractivity contribution in [3.8, 4) is 0 Å². The number of rotatable bonds is 4. The van der Waals surface area contributed by atoms with E-state index in [4.69, 9.17) is 0 Å². The highest BCUT2D eigenvalue weighted by Gasteiger charge is 2.41. The zero-order valence-corrected chi connectivity index (χ0v) is 11.1. The van der Waals surface area contributed by atoms with Gasteiger partial charge in [-0.2, -0.15) is 0 Å². The molecule has 1 aliphatic heterocycles. The van der Waals surface area contributed by atoms with Crippen LogP contribution in [0.5, 0.6) is 0 Å². The SMILES string of the molecule is CCCC1(C(=O)c2cc(C)ccc2F)CCCN1. The van der Waals surface area contributed by atoms with Gasteiger partial charge < -0.3 is 5.32 Å². The van der Waals surface area contributed by atoms with Crippen molar-refractivity contribution in [3.05, 3.63) is 35.1 Å². The van der Waals surface area contributed by atoms with E-state index in [-0.39, 0.29) is 11.3 Å². The van der Waals surface area contributed by atoms with Crippen molar-refractivity contribution in [2.75, 3.05) is 6.54 Å². The first-order valence-electron chi connectivity index (χ1n) is 6.65. The van der Waals surface area contributed by atoms with Crippen LogP contribution in [-0.4, -0.2) is 17.9 Å². The third-order valence-electron chi connectivity index (χ3n) is 3.72. The molecule has 1 aromatic rings. The molecule has 1 atom stereocenters. The Hall–Kier alpha value is -1.22. The summed E-state index contributed by atoms with van der Waals surface area (Å²) in [5.74, 6) is -0.488. The van der Waals surface area contributed by atoms with Gasteiger partial charge in [0.15, 0.2) is 5.78 Å². The van der Waals surface area contributed by atoms with Crippen LogP contribution >= 0.6 is 0 Å². The second-order valence-corrected chi connectivity index (χ2v) is 5.17. The normalized spacial score (nSPS) is 23.3. The highest BCUT2D eigenvalue weighted by molar-refractivity contribution is 6.03. The van der Waals surface area contributed by atoms with Crippen LogP contribution < -0.4 is 5.32 Å². The van der Waals surface area contributed by atoms with E-state index >= 15 is 0 Å². The largest absolute Gasteiger partial charge is 0.305 e. The average molecular weight is 249 g/mol. The molecule has 0 amide bonds. The van der Waals surface area contributed by atoms with E-state index in [0.29, 0.717) is 0 Å². The summed E-state index contributed by atoms with van der Waals surface area (Å²) < 4.78 is 13.8. The maximum absolute atomic E-state index is 13.8. The third-order valence-corrected chi connectivity index (χ3v) is 3.72. The van der Waals surface area contributed by atoms with Gasteiger partial charge in [0.2, 0.25) is 0 Å². The predicted octanol–water partition coefficient (Wildman–Crippen LogP) is 3.24. The number of nitrogens with one attached hydrogen (secondary N) is 1. The Morgan fingerprint density at radius 3 is 2.89 bits per heavy atom. The minimum Gasteiger partial charge on any atom is -0.305 e. The van der Waals surface area contributed by atoms with Crippen molar-refractivity contribution in [2.45, 2.75) is 45.1 Å². The van der Waals surface area contributed by atoms with Crippen LogP contribution in [0.15, 0.2) is 18.2 Å². The standard InChI is InChI=1S/C15H20FNO/c1-3-7-15(8-4-9-17-15)14(18)12-10-11(2)5-6-13(12)16/h5-6,10,17H,3-4,7-9H2,1-2H3. The topological polar surface area (TPSA) is 29.1 Å². The van der Waals surface area contributed by atoms with E-state index in [1.807, 2.05) is 6.92 Å². The minimum absolute atomic E-state index is 0.0805. The van der Waals surface area contributed by atoms with Crippen molar-refractivity contribution in [1.82, 2.24) is 5.32 Å². The number of Topliss-reactive ketones (excluding diaryl/α,β-unsaturated/α-hetero) is 1. The Morgan fingerprint density at radius 1 is 1.50 bits per heavy atom. The van der Waals surface area contributed by atoms with Gasteiger partial charge in [0.1, 0.15) is 5.82 Å². The summed E-state index contributed by atoms with van der Waals surface area (Å²) in [4.78, 5) is 12.6. The maximum atomic E-state index is 13.8. The molecule has 1 aliphatic rings. The van der Waals surface area contributed by atoms with E-state index in [1.54, 1.807) is 12.1 Å². The number of aryl methyl sites for hydroxylation is 1. The molecule has 3 heteroatoms. The Labute approximate surface area is 108 Å². The molecule has 1 unspecified atom stereocenters. The Morgan fingerprint density at radius 2 is 2.28 bits per heavy atom. The molecule has 0 spiro atoms. The summed E-state index contributed by atoms with van der Waals surface area (Å²) in [6.07, 6.45) is 3.50. The molecule has 0 aromatic heterocycles. The van der Waals surface area contributed by atoms with E-state index in [0.717, 1.165) is 37.8 Å². The van der Waals surface area contributed by atoms with Crippen molar-refractivity contribution in [3.63, 3.8) is 0 Å². The zero-order valence-electron chi connectivity index (χ0n) is 11.1. The lowest BCUT2D eigenvalue weighted by Crippen LogP contribution is -2.47. The number of hydrogen-bond acceptors (Lipinski definition) is 2. The first kappa shape index (κ1) is 13.2. The first-order chi connectivity index (χ1) is 8.59. The fourth-order valence-corrected chi connectivity index (χ4v) is 2.82. The van der Waals surface area contributed by atoms with Crippen LogP contribution in [0, 0.1) is 12.7 Å². The highest BCUT2D eigenvalue weighted by atomic mass is 19.1. The highest BCUT2D eigenvalue weighted by Crippen LogP contribution is 2.29. The fraction of sp³-hybridized carbons (Fsp3) is 0.533. The van der Waals surface area contributed by atoms with Gasteiger partial charge >= 0.3 is 0 Å². The quantitative estimate of drug-likeness (QED) is 0.830. The van der Waals surface area contributed by atoms with Gasteiger partial charge in [-0.25, -0.2) is 4.39 Å². The summed E-state index contributed by atoms with van der Waals surface area (Å²) >= 11 is 0. The zero-order chi connectivity index (χ0) is 13.2. The average Bonchev–Trinajstić information content (AvgIpc) is 2.82. The van der Waals surface area contributed by atoms with Crippen LogP contribution in [0.4, 0.5) is 4.39 Å². The lowest BCUT2D eigenvalue weighted by atomic mass is 9.83. The molecule has 0 saturated carbocycles. The molecule has 1 saturated heterocycles. The molecule has 1 heterocycles. The van der Waals surface area contributed by atoms with Gasteiger partial charge in [0, 0.05) is 0 Å². The van der Waals surface area contributed by atoms with E-state index < -0.39 is 11.4 Å². The number of hydrogen-bond donors (Lipinski definition) is 1. The summed E-state index contributed by atoms with van der Waals surface area (Å²) in [5, 5.41) is 3.30. The molecule has 1 N–H and O–H groups in total. The van der Waals surface area contributed by atoms with Crippen LogP contribution in [0.2, 0.25) is 0 Å². The van der Waals surface area contributed by atoms with Gasteiger partial charge in [-0.3, -0.25) is 4.79 Å². The Bertz CT molecular complexity index is 450. The molecule has 1 fully saturated rings. The van der Waals surface area contributed by atoms with Gasteiger partial charge in [0.25, 0.3) is 0 Å². The lowest BCUT2D eigenvalue weighted by molar-refractivity contribution is 0.0853. The van der Waals surface area contributed by atoms with E-state index in [2.05, 4.69) is 12.2 Å². The number of ketones is 1. The van der Waals surface area contributed by atoms with Gasteiger partial charge in [-0.15, -0.1) is 0 Å². The first-order valence-corrected chi connectivity index (χ1v) is 6.65. The maximum Gasteiger partial charge on any atom is 0.185 e. The summed E-state index contributed by atoms with van der Waals surface area (Å²) in [6, 6.07) is 4.74. The van der Waals surface area contributed by atoms with E-state index in [9.17, 15) is 9.18 Å². The molecule has 1 aromatic carbocycles. The van der Waals surface area contributed by atoms with Crippen molar-refractivity contribution < 1.29 is 9.18 Å². The number of halogens is 1. The van der Waals surface area contributed by atoms with Crippen molar-refractivity contribution in [1.29, 1.82) is 0 Å². The molecule has 0 aliphatic carbocycles. The van der Waals surface area contributed by atoms with Gasteiger partial charge in [0.05, 0.1) is 11.1 Å². The predicted molar refractivity (Wildman–Crippen MR) is 70.3 cm³/mol. The molecule has 98 valence electrons. The number of carbonyl (C=O) groups excluding carboxylic acids is 1. The van der Waals surface area contributed by atoms with Crippen LogP contribution in [0.25, 0.3) is 0 Å². The van der Waals surface area contributed by atoms with Gasteiger partial charge in [-0.1, -0.05) is 25.0 Å². The van der Waals surface area contributed by atoms with E-state index in [1.165, 1.54) is 6.07 Å². The fourth-order valence-electron chi connectivity index (χ4n) is 2.82. The second-order valence-electron chi connectivity index (χ2n) is 5.17. The monoisotopic (exact) mass is 249 g/mol. The van der Waals surface area contributed by atoms with Crippen LogP contribution in [0.3, 0.4) is 0 Å². The number of benzene rings is 1. The molecule has 2 nitrogen and oxygen atoms in total. The summed E-state index contributed by atoms with van der Waals surface area (Å²) in [6.45, 7) is 4.78. The second kappa shape index (κ2) is 5.19. The van der Waals surface area contributed by atoms with Crippen LogP contribution in [-0.2, 0) is 0 Å². The molecule has 0 bridgehead atoms. The summed E-state index contributed by atoms with van der Waals surface area (Å²) in [7, 11) is 0. The Balaban J connectivity index is 2.36. The van der Waals surface area contributed by atoms with Crippen molar-refractivity contribution >= 4 is 5.78 Å². The van der Waals surface area contributed by atoms with Crippen LogP contribution in [0.1, 0.15) is 48.5 Å². The Kier molecular flexibility index (Phi) is 3.81. The number of carbonyl (C=O) groups is 1. The molecular weight excluding hydrogens is 229 g/mol.